The summed E-state index contributed by atoms with van der Waals surface area (Å²) in [5.41, 5.74) is 10.3. The van der Waals surface area contributed by atoms with Crippen molar-refractivity contribution in [1.82, 2.24) is 15.8 Å². The zero-order valence-electron chi connectivity index (χ0n) is 21.1. The second-order valence-corrected chi connectivity index (χ2v) is 9.59. The van der Waals surface area contributed by atoms with Crippen LogP contribution in [0.3, 0.4) is 0 Å². The molecule has 2 aliphatic rings. The Morgan fingerprint density at radius 3 is 2.56 bits per heavy atom. The summed E-state index contributed by atoms with van der Waals surface area (Å²) >= 11 is 0. The Morgan fingerprint density at radius 1 is 1.08 bits per heavy atom. The van der Waals surface area contributed by atoms with Gasteiger partial charge in [0.15, 0.2) is 5.84 Å². The predicted molar refractivity (Wildman–Crippen MR) is 144 cm³/mol. The minimum absolute atomic E-state index is 0.0148. The summed E-state index contributed by atoms with van der Waals surface area (Å²) in [4.78, 5) is 10.9. The number of ether oxygens (including phenoxy) is 1. The summed E-state index contributed by atoms with van der Waals surface area (Å²) in [6.07, 6.45) is 8.15. The highest BCUT2D eigenvalue weighted by Crippen LogP contribution is 2.42. The summed E-state index contributed by atoms with van der Waals surface area (Å²) < 4.78 is 6.50. The summed E-state index contributed by atoms with van der Waals surface area (Å²) in [5.74, 6) is 7.40. The number of nitrogens with two attached hydrogens (primary N) is 2. The second kappa shape index (κ2) is 12.1. The van der Waals surface area contributed by atoms with Crippen molar-refractivity contribution in [2.24, 2.45) is 16.7 Å². The van der Waals surface area contributed by atoms with Crippen LogP contribution in [0.2, 0.25) is 0 Å². The third-order valence-corrected chi connectivity index (χ3v) is 6.76. The number of hydrogen-bond donors (Lipinski definition) is 4. The van der Waals surface area contributed by atoms with Crippen molar-refractivity contribution in [3.05, 3.63) is 71.3 Å². The largest absolute Gasteiger partial charge is 0.482 e. The number of nitrogens with zero attached hydrogens (tertiary/aromatic N) is 2. The number of carbonyl (C=O) groups excluding carboxylic acids is 1. The maximum atomic E-state index is 10.9. The molecule has 0 aliphatic carbocycles. The van der Waals surface area contributed by atoms with E-state index in [2.05, 4.69) is 46.1 Å². The van der Waals surface area contributed by atoms with Crippen molar-refractivity contribution in [3.8, 4) is 5.75 Å². The summed E-state index contributed by atoms with van der Waals surface area (Å²) in [6.45, 7) is 4.78. The van der Waals surface area contributed by atoms with Crippen LogP contribution in [0.1, 0.15) is 62.1 Å². The first kappa shape index (κ1) is 25.7. The van der Waals surface area contributed by atoms with E-state index in [9.17, 15) is 4.79 Å². The average molecular weight is 491 g/mol. The van der Waals surface area contributed by atoms with Gasteiger partial charge in [-0.1, -0.05) is 55.3 Å². The minimum Gasteiger partial charge on any atom is -0.482 e. The molecule has 8 heteroatoms. The SMILES string of the molecule is CC(=O)NCCCCCCN(N)/N=C(\N)c1ccc(C2=CC3(CCNCC3)Oc3ccccc32)cc1. The van der Waals surface area contributed by atoms with E-state index in [1.54, 1.807) is 0 Å². The van der Waals surface area contributed by atoms with E-state index in [1.807, 2.05) is 24.3 Å². The molecule has 2 heterocycles. The fourth-order valence-corrected chi connectivity index (χ4v) is 4.79. The van der Waals surface area contributed by atoms with E-state index < -0.39 is 0 Å². The van der Waals surface area contributed by atoms with E-state index in [-0.39, 0.29) is 11.5 Å². The van der Waals surface area contributed by atoms with Gasteiger partial charge in [-0.3, -0.25) is 4.79 Å². The molecule has 0 bridgehead atoms. The number of rotatable bonds is 10. The molecule has 4 rings (SSSR count). The molecule has 36 heavy (non-hydrogen) atoms. The highest BCUT2D eigenvalue weighted by atomic mass is 16.5. The Labute approximate surface area is 213 Å². The highest BCUT2D eigenvalue weighted by Gasteiger charge is 2.36. The molecule has 2 aliphatic heterocycles. The number of hydrazine groups is 1. The molecule has 2 aromatic carbocycles. The molecule has 2 aromatic rings. The van der Waals surface area contributed by atoms with Crippen molar-refractivity contribution in [3.63, 3.8) is 0 Å². The average Bonchev–Trinajstić information content (AvgIpc) is 2.88. The van der Waals surface area contributed by atoms with Gasteiger partial charge < -0.3 is 21.1 Å². The van der Waals surface area contributed by atoms with Crippen molar-refractivity contribution in [1.29, 1.82) is 0 Å². The second-order valence-electron chi connectivity index (χ2n) is 9.59. The number of para-hydroxylation sites is 1. The predicted octanol–water partition coefficient (Wildman–Crippen LogP) is 3.13. The molecule has 0 radical (unpaired) electrons. The smallest absolute Gasteiger partial charge is 0.216 e. The molecule has 0 saturated carbocycles. The molecule has 192 valence electrons. The van der Waals surface area contributed by atoms with Gasteiger partial charge in [-0.25, -0.2) is 11.0 Å². The van der Waals surface area contributed by atoms with E-state index >= 15 is 0 Å². The third-order valence-electron chi connectivity index (χ3n) is 6.76. The van der Waals surface area contributed by atoms with Crippen LogP contribution in [0.5, 0.6) is 5.75 Å². The van der Waals surface area contributed by atoms with Crippen LogP contribution in [0.4, 0.5) is 0 Å². The first-order valence-electron chi connectivity index (χ1n) is 12.9. The van der Waals surface area contributed by atoms with Crippen molar-refractivity contribution < 1.29 is 9.53 Å². The molecule has 1 amide bonds. The summed E-state index contributed by atoms with van der Waals surface area (Å²) in [6, 6.07) is 16.4. The number of benzene rings is 2. The first-order valence-corrected chi connectivity index (χ1v) is 12.9. The van der Waals surface area contributed by atoms with Gasteiger partial charge in [0.25, 0.3) is 0 Å². The lowest BCUT2D eigenvalue weighted by Gasteiger charge is -2.40. The van der Waals surface area contributed by atoms with Gasteiger partial charge in [0.2, 0.25) is 5.91 Å². The Kier molecular flexibility index (Phi) is 8.61. The van der Waals surface area contributed by atoms with Gasteiger partial charge in [0, 0.05) is 37.4 Å². The van der Waals surface area contributed by atoms with Gasteiger partial charge in [-0.05, 0) is 49.2 Å². The van der Waals surface area contributed by atoms with E-state index in [1.165, 1.54) is 17.6 Å². The number of piperidine rings is 1. The summed E-state index contributed by atoms with van der Waals surface area (Å²) in [7, 11) is 0. The number of amidine groups is 1. The molecular formula is C28H38N6O2. The molecule has 0 atom stereocenters. The Balaban J connectivity index is 1.38. The third kappa shape index (κ3) is 6.65. The van der Waals surface area contributed by atoms with Gasteiger partial charge in [0.05, 0.1) is 6.54 Å². The van der Waals surface area contributed by atoms with Crippen LogP contribution < -0.4 is 26.9 Å². The van der Waals surface area contributed by atoms with Crippen molar-refractivity contribution in [2.45, 2.75) is 51.0 Å². The molecule has 0 unspecified atom stereocenters. The van der Waals surface area contributed by atoms with Gasteiger partial charge in [-0.15, -0.1) is 5.10 Å². The maximum absolute atomic E-state index is 10.9. The van der Waals surface area contributed by atoms with Crippen LogP contribution in [0.15, 0.2) is 59.7 Å². The molecule has 8 nitrogen and oxygen atoms in total. The van der Waals surface area contributed by atoms with Crippen LogP contribution in [0.25, 0.3) is 5.57 Å². The Hall–Kier alpha value is -3.36. The van der Waals surface area contributed by atoms with Gasteiger partial charge >= 0.3 is 0 Å². The summed E-state index contributed by atoms with van der Waals surface area (Å²) in [5, 5.41) is 12.0. The minimum atomic E-state index is -0.266. The monoisotopic (exact) mass is 490 g/mol. The zero-order chi connectivity index (χ0) is 25.4. The van der Waals surface area contributed by atoms with Crippen molar-refractivity contribution >= 4 is 17.3 Å². The van der Waals surface area contributed by atoms with E-state index in [4.69, 9.17) is 16.3 Å². The number of carbonyl (C=O) groups is 1. The molecule has 6 N–H and O–H groups in total. The topological polar surface area (TPSA) is 118 Å². The number of unbranched alkanes of at least 4 members (excludes halogenated alkanes) is 3. The molecule has 0 aromatic heterocycles. The first-order chi connectivity index (χ1) is 17.5. The number of nitrogens with one attached hydrogen (secondary N) is 2. The van der Waals surface area contributed by atoms with Gasteiger partial charge in [0.1, 0.15) is 11.4 Å². The molecule has 1 saturated heterocycles. The fraction of sp³-hybridized carbons (Fsp3) is 0.429. The van der Waals surface area contributed by atoms with Gasteiger partial charge in [-0.2, -0.15) is 0 Å². The number of hydrazone groups is 1. The number of amides is 1. The normalized spacial score (nSPS) is 16.6. The van der Waals surface area contributed by atoms with Crippen molar-refractivity contribution in [2.75, 3.05) is 26.2 Å². The van der Waals surface area contributed by atoms with Crippen LogP contribution in [0, 0.1) is 0 Å². The molecular weight excluding hydrogens is 452 g/mol. The molecule has 1 spiro atoms. The molecule has 1 fully saturated rings. The van der Waals surface area contributed by atoms with Crippen LogP contribution >= 0.6 is 0 Å². The Bertz CT molecular complexity index is 1090. The van der Waals surface area contributed by atoms with Crippen LogP contribution in [-0.2, 0) is 4.79 Å². The number of fused-ring (bicyclic) bond motifs is 1. The standard InChI is InChI=1S/C28H38N6O2/c1-21(35)32-16-6-2-3-7-19-34(30)33-27(29)23-12-10-22(11-13-23)25-20-28(14-17-31-18-15-28)36-26-9-5-4-8-24(25)26/h4-5,8-13,20,31H,2-3,6-7,14-19,30H2,1H3,(H2,29,33)(H,32,35). The van der Waals surface area contributed by atoms with Crippen LogP contribution in [-0.4, -0.2) is 48.6 Å². The highest BCUT2D eigenvalue weighted by molar-refractivity contribution is 5.98. The van der Waals surface area contributed by atoms with E-state index in [0.29, 0.717) is 12.4 Å². The maximum Gasteiger partial charge on any atom is 0.216 e. The Morgan fingerprint density at radius 2 is 1.81 bits per heavy atom. The lowest BCUT2D eigenvalue weighted by Crippen LogP contribution is -2.46. The fourth-order valence-electron chi connectivity index (χ4n) is 4.79. The lowest BCUT2D eigenvalue weighted by atomic mass is 9.83. The quantitative estimate of drug-likeness (QED) is 0.134. The zero-order valence-corrected chi connectivity index (χ0v) is 21.1. The lowest BCUT2D eigenvalue weighted by molar-refractivity contribution is -0.118. The van der Waals surface area contributed by atoms with E-state index in [0.717, 1.165) is 80.6 Å². The number of hydrogen-bond acceptors (Lipinski definition) is 6.